The topological polar surface area (TPSA) is 113 Å². The smallest absolute Gasteiger partial charge is 0.275 e. The number of hydrogen-bond acceptors (Lipinski definition) is 9. The summed E-state index contributed by atoms with van der Waals surface area (Å²) < 4.78 is 7.52. The molecule has 7 rings (SSSR count). The fraction of sp³-hybridized carbons (Fsp3) is 0.276. The molecule has 4 aromatic heterocycles. The molecule has 1 amide bonds. The molecule has 2 saturated heterocycles. The summed E-state index contributed by atoms with van der Waals surface area (Å²) in [5.74, 6) is 1.82. The van der Waals surface area contributed by atoms with Gasteiger partial charge in [0.25, 0.3) is 5.91 Å². The van der Waals surface area contributed by atoms with Gasteiger partial charge in [-0.1, -0.05) is 24.3 Å². The van der Waals surface area contributed by atoms with Gasteiger partial charge >= 0.3 is 0 Å². The molecule has 1 aromatic carbocycles. The van der Waals surface area contributed by atoms with Crippen LogP contribution < -0.4 is 20.4 Å². The Morgan fingerprint density at radius 1 is 0.878 bits per heavy atom. The zero-order chi connectivity index (χ0) is 26.9. The fourth-order valence-electron chi connectivity index (χ4n) is 5.23. The molecule has 0 saturated carbocycles. The third kappa shape index (κ3) is 5.39. The first-order valence-corrected chi connectivity index (χ1v) is 13.5. The molecule has 0 spiro atoms. The largest absolute Gasteiger partial charge is 0.378 e. The predicted molar refractivity (Wildman–Crippen MR) is 161 cm³/mol. The summed E-state index contributed by atoms with van der Waals surface area (Å²) in [5, 5.41) is 7.30. The van der Waals surface area contributed by atoms with Crippen LogP contribution in [0.5, 0.6) is 0 Å². The Morgan fingerprint density at radius 2 is 1.71 bits per heavy atom. The third-order valence-corrected chi connectivity index (χ3v) is 7.34. The lowest BCUT2D eigenvalue weighted by Crippen LogP contribution is -2.43. The van der Waals surface area contributed by atoms with E-state index in [0.717, 1.165) is 73.1 Å². The van der Waals surface area contributed by atoms with Gasteiger partial charge in [-0.2, -0.15) is 0 Å². The minimum Gasteiger partial charge on any atom is -0.378 e. The van der Waals surface area contributed by atoms with Gasteiger partial charge in [-0.15, -0.1) is 12.4 Å². The lowest BCUT2D eigenvalue weighted by atomic mass is 10.2. The van der Waals surface area contributed by atoms with Gasteiger partial charge in [-0.25, -0.2) is 19.9 Å². The van der Waals surface area contributed by atoms with Crippen molar-refractivity contribution < 1.29 is 9.53 Å². The third-order valence-electron chi connectivity index (χ3n) is 7.34. The van der Waals surface area contributed by atoms with Crippen molar-refractivity contribution in [1.29, 1.82) is 0 Å². The number of carbonyl (C=O) groups is 1. The van der Waals surface area contributed by atoms with E-state index in [2.05, 4.69) is 31.5 Å². The lowest BCUT2D eigenvalue weighted by Gasteiger charge is -2.28. The Labute approximate surface area is 243 Å². The van der Waals surface area contributed by atoms with Crippen LogP contribution in [-0.4, -0.2) is 82.7 Å². The van der Waals surface area contributed by atoms with E-state index in [1.807, 2.05) is 59.4 Å². The van der Waals surface area contributed by atoms with Gasteiger partial charge in [0, 0.05) is 56.4 Å². The number of piperazine rings is 1. The Balaban J connectivity index is 0.00000302. The monoisotopic (exact) mass is 571 g/mol. The number of halogens is 1. The van der Waals surface area contributed by atoms with Crippen molar-refractivity contribution in [3.05, 3.63) is 72.8 Å². The van der Waals surface area contributed by atoms with E-state index in [-0.39, 0.29) is 18.3 Å². The number of para-hydroxylation sites is 1. The maximum absolute atomic E-state index is 13.2. The number of hydrogen-bond donors (Lipinski definition) is 2. The van der Waals surface area contributed by atoms with Crippen LogP contribution in [0.1, 0.15) is 10.5 Å². The van der Waals surface area contributed by atoms with Gasteiger partial charge in [0.2, 0.25) is 0 Å². The first-order valence-electron chi connectivity index (χ1n) is 13.5. The molecule has 2 fully saturated rings. The van der Waals surface area contributed by atoms with Gasteiger partial charge in [0.05, 0.1) is 36.8 Å². The summed E-state index contributed by atoms with van der Waals surface area (Å²) in [4.78, 5) is 36.5. The molecule has 12 heteroatoms. The van der Waals surface area contributed by atoms with Gasteiger partial charge < -0.3 is 25.2 Å². The fourth-order valence-corrected chi connectivity index (χ4v) is 5.23. The van der Waals surface area contributed by atoms with Gasteiger partial charge in [0.15, 0.2) is 17.3 Å². The number of imidazole rings is 1. The highest BCUT2D eigenvalue weighted by Gasteiger charge is 2.21. The highest BCUT2D eigenvalue weighted by molar-refractivity contribution is 6.03. The van der Waals surface area contributed by atoms with Crippen molar-refractivity contribution in [3.63, 3.8) is 0 Å². The highest BCUT2D eigenvalue weighted by Crippen LogP contribution is 2.29. The van der Waals surface area contributed by atoms with Crippen LogP contribution in [0.25, 0.3) is 27.8 Å². The number of rotatable bonds is 5. The number of fused-ring (bicyclic) bond motifs is 2. The zero-order valence-electron chi connectivity index (χ0n) is 22.4. The summed E-state index contributed by atoms with van der Waals surface area (Å²) in [6.45, 7) is 6.48. The Bertz CT molecular complexity index is 1680. The number of anilines is 3. The molecular weight excluding hydrogens is 542 g/mol. The van der Waals surface area contributed by atoms with E-state index < -0.39 is 0 Å². The molecule has 0 unspecified atom stereocenters. The molecule has 210 valence electrons. The first kappa shape index (κ1) is 26.9. The van der Waals surface area contributed by atoms with Gasteiger partial charge in [0.1, 0.15) is 11.5 Å². The minimum atomic E-state index is -0.321. The Morgan fingerprint density at radius 3 is 2.51 bits per heavy atom. The van der Waals surface area contributed by atoms with Crippen molar-refractivity contribution in [2.24, 2.45) is 0 Å². The maximum atomic E-state index is 13.2. The summed E-state index contributed by atoms with van der Waals surface area (Å²) in [6.07, 6.45) is 5.55. The average Bonchev–Trinajstić information content (AvgIpc) is 3.45. The number of nitrogens with one attached hydrogen (secondary N) is 2. The normalized spacial score (nSPS) is 15.6. The first-order chi connectivity index (χ1) is 19.7. The summed E-state index contributed by atoms with van der Waals surface area (Å²) in [5.41, 5.74) is 3.50. The van der Waals surface area contributed by atoms with Crippen molar-refractivity contribution in [3.8, 4) is 11.3 Å². The number of nitrogens with zero attached hydrogens (tertiary/aromatic N) is 7. The SMILES string of the molecule is Cl.O=C(Nc1cn2c(-c3ccc(N4CCNCC4)nc3)cnc(N3CCOCC3)c2n1)c1ccc2ccccc2n1. The van der Waals surface area contributed by atoms with Gasteiger partial charge in [-0.05, 0) is 24.3 Å². The van der Waals surface area contributed by atoms with Crippen molar-refractivity contribution in [2.45, 2.75) is 0 Å². The number of ether oxygens (including phenoxy) is 1. The second kappa shape index (κ2) is 11.7. The molecule has 2 aliphatic heterocycles. The lowest BCUT2D eigenvalue weighted by molar-refractivity contribution is 0.102. The second-order valence-corrected chi connectivity index (χ2v) is 9.87. The minimum absolute atomic E-state index is 0. The van der Waals surface area contributed by atoms with E-state index in [4.69, 9.17) is 19.7 Å². The van der Waals surface area contributed by atoms with Crippen LogP contribution in [0.4, 0.5) is 17.5 Å². The molecule has 5 aromatic rings. The number of aromatic nitrogens is 5. The van der Waals surface area contributed by atoms with Crippen LogP contribution >= 0.6 is 12.4 Å². The number of morpholine rings is 1. The van der Waals surface area contributed by atoms with Crippen LogP contribution in [0.15, 0.2) is 67.1 Å². The Hall–Kier alpha value is -4.32. The maximum Gasteiger partial charge on any atom is 0.275 e. The standard InChI is InChI=1S/C29H29N9O2.ClH/c39-29(23-7-5-20-3-1-2-4-22(20)33-23)35-25-19-38-24(18-32-27(28(38)34-25)37-13-15-40-16-14-37)21-6-8-26(31-17-21)36-11-9-30-10-12-36;/h1-8,17-19,30H,9-16H2,(H,35,39);1H. The quantitative estimate of drug-likeness (QED) is 0.328. The molecule has 41 heavy (non-hydrogen) atoms. The molecule has 0 atom stereocenters. The van der Waals surface area contributed by atoms with Crippen molar-refractivity contribution >= 4 is 52.3 Å². The molecule has 2 aliphatic rings. The van der Waals surface area contributed by atoms with E-state index in [1.165, 1.54) is 0 Å². The number of carbonyl (C=O) groups excluding carboxylic acids is 1. The predicted octanol–water partition coefficient (Wildman–Crippen LogP) is 3.26. The van der Waals surface area contributed by atoms with Crippen LogP contribution in [0.2, 0.25) is 0 Å². The molecule has 2 N–H and O–H groups in total. The van der Waals surface area contributed by atoms with Crippen LogP contribution in [0, 0.1) is 0 Å². The summed E-state index contributed by atoms with van der Waals surface area (Å²) in [7, 11) is 0. The van der Waals surface area contributed by atoms with Crippen LogP contribution in [-0.2, 0) is 4.74 Å². The molecule has 11 nitrogen and oxygen atoms in total. The summed E-state index contributed by atoms with van der Waals surface area (Å²) >= 11 is 0. The van der Waals surface area contributed by atoms with E-state index in [1.54, 1.807) is 6.07 Å². The number of pyridine rings is 2. The van der Waals surface area contributed by atoms with E-state index >= 15 is 0 Å². The van der Waals surface area contributed by atoms with Gasteiger partial charge in [-0.3, -0.25) is 9.20 Å². The Kier molecular flexibility index (Phi) is 7.64. The molecule has 6 heterocycles. The summed E-state index contributed by atoms with van der Waals surface area (Å²) in [6, 6.07) is 15.5. The molecule has 0 aliphatic carbocycles. The second-order valence-electron chi connectivity index (χ2n) is 9.87. The number of amides is 1. The average molecular weight is 572 g/mol. The van der Waals surface area contributed by atoms with Crippen molar-refractivity contribution in [2.75, 3.05) is 67.6 Å². The molecular formula is C29H30ClN9O2. The highest BCUT2D eigenvalue weighted by atomic mass is 35.5. The molecule has 0 radical (unpaired) electrons. The number of benzene rings is 1. The molecule has 0 bridgehead atoms. The van der Waals surface area contributed by atoms with Crippen molar-refractivity contribution in [1.82, 2.24) is 29.7 Å². The van der Waals surface area contributed by atoms with E-state index in [9.17, 15) is 4.79 Å². The zero-order valence-corrected chi connectivity index (χ0v) is 23.2. The van der Waals surface area contributed by atoms with Crippen LogP contribution in [0.3, 0.4) is 0 Å². The van der Waals surface area contributed by atoms with E-state index in [0.29, 0.717) is 30.4 Å².